The first-order valence-electron chi connectivity index (χ1n) is 9.01. The van der Waals surface area contributed by atoms with Crippen LogP contribution in [0.4, 0.5) is 8.78 Å². The van der Waals surface area contributed by atoms with Crippen LogP contribution in [0.3, 0.4) is 0 Å². The highest BCUT2D eigenvalue weighted by Crippen LogP contribution is 2.33. The molecular formula is C22H22F2N2O3. The van der Waals surface area contributed by atoms with E-state index in [-0.39, 0.29) is 23.0 Å². The first-order valence-corrected chi connectivity index (χ1v) is 9.01. The third-order valence-electron chi connectivity index (χ3n) is 4.85. The quantitative estimate of drug-likeness (QED) is 0.673. The van der Waals surface area contributed by atoms with E-state index in [2.05, 4.69) is 10.3 Å². The van der Waals surface area contributed by atoms with Gasteiger partial charge in [-0.15, -0.1) is 0 Å². The SMILES string of the molecule is COc1ccc(C(C)(C)CNC(=O)c2nccc3cc(F)cc(F)c23)cc1OC. The Morgan fingerprint density at radius 2 is 1.79 bits per heavy atom. The van der Waals surface area contributed by atoms with E-state index in [4.69, 9.17) is 9.47 Å². The van der Waals surface area contributed by atoms with E-state index >= 15 is 0 Å². The fraction of sp³-hybridized carbons (Fsp3) is 0.273. The van der Waals surface area contributed by atoms with Gasteiger partial charge >= 0.3 is 0 Å². The zero-order valence-corrected chi connectivity index (χ0v) is 16.7. The Kier molecular flexibility index (Phi) is 5.68. The molecule has 152 valence electrons. The summed E-state index contributed by atoms with van der Waals surface area (Å²) < 4.78 is 38.3. The summed E-state index contributed by atoms with van der Waals surface area (Å²) in [6, 6.07) is 8.92. The summed E-state index contributed by atoms with van der Waals surface area (Å²) >= 11 is 0. The standard InChI is InChI=1S/C22H22F2N2O3/c1-22(2,14-5-6-17(28-3)18(10-14)29-4)12-26-21(27)20-19-13(7-8-25-20)9-15(23)11-16(19)24/h5-11H,12H2,1-4H3,(H,26,27). The number of fused-ring (bicyclic) bond motifs is 1. The molecule has 0 atom stereocenters. The number of nitrogens with one attached hydrogen (secondary N) is 1. The van der Waals surface area contributed by atoms with Gasteiger partial charge in [0.05, 0.1) is 14.2 Å². The number of carbonyl (C=O) groups is 1. The molecule has 0 fully saturated rings. The van der Waals surface area contributed by atoms with E-state index < -0.39 is 23.0 Å². The molecule has 2 aromatic carbocycles. The maximum atomic E-state index is 14.3. The lowest BCUT2D eigenvalue weighted by atomic mass is 9.84. The van der Waals surface area contributed by atoms with Gasteiger partial charge in [-0.05, 0) is 35.2 Å². The lowest BCUT2D eigenvalue weighted by molar-refractivity contribution is 0.0942. The van der Waals surface area contributed by atoms with Gasteiger partial charge in [0.1, 0.15) is 17.3 Å². The first-order chi connectivity index (χ1) is 13.8. The molecule has 1 amide bonds. The number of hydrogen-bond donors (Lipinski definition) is 1. The normalized spacial score (nSPS) is 11.4. The van der Waals surface area contributed by atoms with Crippen LogP contribution in [0.25, 0.3) is 10.8 Å². The number of rotatable bonds is 6. The van der Waals surface area contributed by atoms with Crippen LogP contribution >= 0.6 is 0 Å². The lowest BCUT2D eigenvalue weighted by Crippen LogP contribution is -2.37. The summed E-state index contributed by atoms with van der Waals surface area (Å²) in [7, 11) is 3.12. The van der Waals surface area contributed by atoms with Crippen molar-refractivity contribution in [2.24, 2.45) is 0 Å². The Morgan fingerprint density at radius 1 is 1.07 bits per heavy atom. The molecule has 0 radical (unpaired) electrons. The van der Waals surface area contributed by atoms with Crippen molar-refractivity contribution in [2.45, 2.75) is 19.3 Å². The van der Waals surface area contributed by atoms with Crippen molar-refractivity contribution in [3.63, 3.8) is 0 Å². The minimum atomic E-state index is -0.822. The molecular weight excluding hydrogens is 378 g/mol. The van der Waals surface area contributed by atoms with Crippen molar-refractivity contribution < 1.29 is 23.0 Å². The van der Waals surface area contributed by atoms with E-state index in [1.165, 1.54) is 18.3 Å². The van der Waals surface area contributed by atoms with E-state index in [0.29, 0.717) is 11.5 Å². The van der Waals surface area contributed by atoms with Crippen LogP contribution in [0.15, 0.2) is 42.6 Å². The molecule has 0 aliphatic rings. The smallest absolute Gasteiger partial charge is 0.270 e. The van der Waals surface area contributed by atoms with Crippen molar-refractivity contribution in [2.75, 3.05) is 20.8 Å². The van der Waals surface area contributed by atoms with Gasteiger partial charge in [0, 0.05) is 29.6 Å². The predicted octanol–water partition coefficient (Wildman–Crippen LogP) is 4.24. The predicted molar refractivity (Wildman–Crippen MR) is 107 cm³/mol. The molecule has 0 saturated carbocycles. The monoisotopic (exact) mass is 400 g/mol. The van der Waals surface area contributed by atoms with Gasteiger partial charge in [-0.25, -0.2) is 8.78 Å². The van der Waals surface area contributed by atoms with Crippen LogP contribution in [0.1, 0.15) is 29.9 Å². The summed E-state index contributed by atoms with van der Waals surface area (Å²) in [5, 5.41) is 3.08. The maximum Gasteiger partial charge on any atom is 0.270 e. The zero-order valence-electron chi connectivity index (χ0n) is 16.7. The summed E-state index contributed by atoms with van der Waals surface area (Å²) in [4.78, 5) is 16.7. The van der Waals surface area contributed by atoms with Crippen molar-refractivity contribution in [1.82, 2.24) is 10.3 Å². The second kappa shape index (κ2) is 8.03. The highest BCUT2D eigenvalue weighted by Gasteiger charge is 2.24. The van der Waals surface area contributed by atoms with Gasteiger partial charge in [-0.2, -0.15) is 0 Å². The van der Waals surface area contributed by atoms with E-state index in [1.54, 1.807) is 20.3 Å². The largest absolute Gasteiger partial charge is 0.493 e. The average molecular weight is 400 g/mol. The number of carbonyl (C=O) groups excluding carboxylic acids is 1. The zero-order chi connectivity index (χ0) is 21.2. The topological polar surface area (TPSA) is 60.5 Å². The summed E-state index contributed by atoms with van der Waals surface area (Å²) in [6.07, 6.45) is 1.36. The molecule has 3 rings (SSSR count). The molecule has 1 heterocycles. The first kappa shape index (κ1) is 20.5. The minimum Gasteiger partial charge on any atom is -0.493 e. The number of pyridine rings is 1. The summed E-state index contributed by atoms with van der Waals surface area (Å²) in [5.74, 6) is -0.864. The third-order valence-corrected chi connectivity index (χ3v) is 4.85. The molecule has 0 unspecified atom stereocenters. The van der Waals surface area contributed by atoms with Crippen LogP contribution in [0.5, 0.6) is 11.5 Å². The molecule has 1 N–H and O–H groups in total. The fourth-order valence-corrected chi connectivity index (χ4v) is 3.15. The Labute approximate surface area is 167 Å². The van der Waals surface area contributed by atoms with Crippen LogP contribution in [0, 0.1) is 11.6 Å². The van der Waals surface area contributed by atoms with Gasteiger partial charge in [0.15, 0.2) is 11.5 Å². The molecule has 0 aliphatic carbocycles. The molecule has 7 heteroatoms. The van der Waals surface area contributed by atoms with Crippen LogP contribution < -0.4 is 14.8 Å². The molecule has 0 saturated heterocycles. The van der Waals surface area contributed by atoms with Crippen molar-refractivity contribution in [3.05, 3.63) is 65.5 Å². The van der Waals surface area contributed by atoms with Gasteiger partial charge in [-0.1, -0.05) is 19.9 Å². The number of aromatic nitrogens is 1. The molecule has 29 heavy (non-hydrogen) atoms. The number of nitrogens with zero attached hydrogens (tertiary/aromatic N) is 1. The fourth-order valence-electron chi connectivity index (χ4n) is 3.15. The molecule has 3 aromatic rings. The van der Waals surface area contributed by atoms with E-state index in [0.717, 1.165) is 11.6 Å². The molecule has 0 aliphatic heterocycles. The molecule has 0 bridgehead atoms. The minimum absolute atomic E-state index is 0.00433. The molecule has 1 aromatic heterocycles. The van der Waals surface area contributed by atoms with Crippen molar-refractivity contribution >= 4 is 16.7 Å². The second-order valence-electron chi connectivity index (χ2n) is 7.28. The van der Waals surface area contributed by atoms with E-state index in [1.807, 2.05) is 26.0 Å². The summed E-state index contributed by atoms with van der Waals surface area (Å²) in [6.45, 7) is 4.18. The number of methoxy groups -OCH3 is 2. The number of hydrogen-bond acceptors (Lipinski definition) is 4. The summed E-state index contributed by atoms with van der Waals surface area (Å²) in [5.41, 5.74) is 0.391. The maximum absolute atomic E-state index is 14.3. The second-order valence-corrected chi connectivity index (χ2v) is 7.28. The Bertz CT molecular complexity index is 1070. The van der Waals surface area contributed by atoms with Crippen LogP contribution in [-0.4, -0.2) is 31.7 Å². The Hall–Kier alpha value is -3.22. The number of benzene rings is 2. The number of ether oxygens (including phenoxy) is 2. The van der Waals surface area contributed by atoms with Crippen LogP contribution in [-0.2, 0) is 5.41 Å². The Balaban J connectivity index is 1.84. The molecule has 5 nitrogen and oxygen atoms in total. The van der Waals surface area contributed by atoms with Crippen LogP contribution in [0.2, 0.25) is 0 Å². The van der Waals surface area contributed by atoms with Gasteiger partial charge in [-0.3, -0.25) is 9.78 Å². The lowest BCUT2D eigenvalue weighted by Gasteiger charge is -2.26. The van der Waals surface area contributed by atoms with E-state index in [9.17, 15) is 13.6 Å². The Morgan fingerprint density at radius 3 is 2.48 bits per heavy atom. The highest BCUT2D eigenvalue weighted by molar-refractivity contribution is 6.05. The van der Waals surface area contributed by atoms with Crippen molar-refractivity contribution in [1.29, 1.82) is 0 Å². The average Bonchev–Trinajstić information content (AvgIpc) is 2.70. The van der Waals surface area contributed by atoms with Gasteiger partial charge in [0.2, 0.25) is 0 Å². The highest BCUT2D eigenvalue weighted by atomic mass is 19.1. The number of halogens is 2. The molecule has 0 spiro atoms. The van der Waals surface area contributed by atoms with Gasteiger partial charge in [0.25, 0.3) is 5.91 Å². The van der Waals surface area contributed by atoms with Crippen molar-refractivity contribution in [3.8, 4) is 11.5 Å². The van der Waals surface area contributed by atoms with Gasteiger partial charge < -0.3 is 14.8 Å². The third kappa shape index (κ3) is 4.13. The number of amides is 1.